The van der Waals surface area contributed by atoms with E-state index in [0.29, 0.717) is 21.5 Å². The predicted octanol–water partition coefficient (Wildman–Crippen LogP) is 4.80. The molecule has 88 valence electrons. The molecule has 0 saturated carbocycles. The van der Waals surface area contributed by atoms with Gasteiger partial charge in [-0.25, -0.2) is 0 Å². The van der Waals surface area contributed by atoms with Crippen LogP contribution in [0, 0.1) is 6.92 Å². The zero-order valence-corrected chi connectivity index (χ0v) is 10.6. The summed E-state index contributed by atoms with van der Waals surface area (Å²) in [4.78, 5) is 0. The molecule has 0 fully saturated rings. The molecule has 2 aromatic carbocycles. The Hall–Kier alpha value is -1.38. The minimum atomic E-state index is 0.00634. The zero-order valence-electron chi connectivity index (χ0n) is 9.08. The lowest BCUT2D eigenvalue weighted by Gasteiger charge is -2.10. The predicted molar refractivity (Wildman–Crippen MR) is 69.4 cm³/mol. The van der Waals surface area contributed by atoms with Gasteiger partial charge in [-0.2, -0.15) is 0 Å². The van der Waals surface area contributed by atoms with Crippen LogP contribution >= 0.6 is 23.2 Å². The smallest absolute Gasteiger partial charge is 0.169 e. The normalized spacial score (nSPS) is 10.3. The fourth-order valence-electron chi connectivity index (χ4n) is 1.42. The number of benzene rings is 2. The summed E-state index contributed by atoms with van der Waals surface area (Å²) in [5.41, 5.74) is 0.895. The van der Waals surface area contributed by atoms with Gasteiger partial charge in [-0.3, -0.25) is 0 Å². The van der Waals surface area contributed by atoms with Crippen LogP contribution in [0.1, 0.15) is 5.56 Å². The Morgan fingerprint density at radius 3 is 2.12 bits per heavy atom. The van der Waals surface area contributed by atoms with Crippen LogP contribution in [0.5, 0.6) is 17.2 Å². The van der Waals surface area contributed by atoms with Crippen molar-refractivity contribution >= 4 is 23.2 Å². The van der Waals surface area contributed by atoms with Crippen molar-refractivity contribution in [3.8, 4) is 17.2 Å². The third-order valence-corrected chi connectivity index (χ3v) is 2.75. The average molecular weight is 269 g/mol. The SMILES string of the molecule is Cc1cc(Cl)ccc1Oc1ccc(Cl)cc1O. The molecule has 0 unspecified atom stereocenters. The fourth-order valence-corrected chi connectivity index (χ4v) is 1.82. The Morgan fingerprint density at radius 1 is 0.941 bits per heavy atom. The van der Waals surface area contributed by atoms with Crippen LogP contribution in [0.4, 0.5) is 0 Å². The molecule has 0 saturated heterocycles. The fraction of sp³-hybridized carbons (Fsp3) is 0.0769. The molecule has 0 bridgehead atoms. The average Bonchev–Trinajstić information content (AvgIpc) is 2.25. The van der Waals surface area contributed by atoms with Gasteiger partial charge in [-0.05, 0) is 42.8 Å². The second kappa shape index (κ2) is 4.86. The second-order valence-electron chi connectivity index (χ2n) is 3.62. The summed E-state index contributed by atoms with van der Waals surface area (Å²) >= 11 is 11.6. The van der Waals surface area contributed by atoms with E-state index in [9.17, 15) is 5.11 Å². The van der Waals surface area contributed by atoms with Crippen LogP contribution in [0.3, 0.4) is 0 Å². The summed E-state index contributed by atoms with van der Waals surface area (Å²) in [6, 6.07) is 9.99. The van der Waals surface area contributed by atoms with E-state index >= 15 is 0 Å². The summed E-state index contributed by atoms with van der Waals surface area (Å²) in [6.07, 6.45) is 0. The molecule has 0 radical (unpaired) electrons. The highest BCUT2D eigenvalue weighted by Gasteiger charge is 2.06. The van der Waals surface area contributed by atoms with Crippen molar-refractivity contribution in [1.82, 2.24) is 0 Å². The van der Waals surface area contributed by atoms with Gasteiger partial charge in [0.25, 0.3) is 0 Å². The van der Waals surface area contributed by atoms with Crippen LogP contribution in [-0.2, 0) is 0 Å². The quantitative estimate of drug-likeness (QED) is 0.848. The molecule has 1 N–H and O–H groups in total. The van der Waals surface area contributed by atoms with Crippen molar-refractivity contribution in [3.05, 3.63) is 52.0 Å². The molecule has 2 rings (SSSR count). The van der Waals surface area contributed by atoms with Gasteiger partial charge in [0.05, 0.1) is 0 Å². The van der Waals surface area contributed by atoms with Gasteiger partial charge in [-0.1, -0.05) is 23.2 Å². The number of aryl methyl sites for hydroxylation is 1. The van der Waals surface area contributed by atoms with E-state index in [-0.39, 0.29) is 5.75 Å². The third-order valence-electron chi connectivity index (χ3n) is 2.28. The van der Waals surface area contributed by atoms with Gasteiger partial charge >= 0.3 is 0 Å². The molecule has 0 aliphatic rings. The van der Waals surface area contributed by atoms with Crippen LogP contribution in [0.25, 0.3) is 0 Å². The molecule has 4 heteroatoms. The maximum atomic E-state index is 9.66. The Balaban J connectivity index is 2.31. The molecule has 2 aromatic rings. The second-order valence-corrected chi connectivity index (χ2v) is 4.50. The standard InChI is InChI=1S/C13H10Cl2O2/c1-8-6-9(14)2-4-12(8)17-13-5-3-10(15)7-11(13)16/h2-7,16H,1H3. The maximum absolute atomic E-state index is 9.66. The molecular weight excluding hydrogens is 259 g/mol. The Labute approximate surface area is 109 Å². The first-order valence-corrected chi connectivity index (χ1v) is 5.74. The molecule has 0 aromatic heterocycles. The van der Waals surface area contributed by atoms with Crippen LogP contribution in [0.2, 0.25) is 10.0 Å². The number of ether oxygens (including phenoxy) is 1. The van der Waals surface area contributed by atoms with Crippen LogP contribution in [-0.4, -0.2) is 5.11 Å². The van der Waals surface area contributed by atoms with Gasteiger partial charge < -0.3 is 9.84 Å². The summed E-state index contributed by atoms with van der Waals surface area (Å²) in [5.74, 6) is 1.01. The number of hydrogen-bond donors (Lipinski definition) is 1. The van der Waals surface area contributed by atoms with E-state index < -0.39 is 0 Å². The number of halogens is 2. The van der Waals surface area contributed by atoms with Gasteiger partial charge in [0.15, 0.2) is 11.5 Å². The highest BCUT2D eigenvalue weighted by molar-refractivity contribution is 6.31. The van der Waals surface area contributed by atoms with E-state index in [1.807, 2.05) is 6.92 Å². The highest BCUT2D eigenvalue weighted by Crippen LogP contribution is 2.34. The van der Waals surface area contributed by atoms with Crippen molar-refractivity contribution in [2.75, 3.05) is 0 Å². The number of aromatic hydroxyl groups is 1. The molecule has 0 spiro atoms. The Bertz CT molecular complexity index is 504. The molecule has 0 aliphatic carbocycles. The van der Waals surface area contributed by atoms with Gasteiger partial charge in [0.2, 0.25) is 0 Å². The van der Waals surface area contributed by atoms with E-state index in [2.05, 4.69) is 0 Å². The molecule has 2 nitrogen and oxygen atoms in total. The topological polar surface area (TPSA) is 29.5 Å². The first-order valence-electron chi connectivity index (χ1n) is 4.99. The lowest BCUT2D eigenvalue weighted by atomic mass is 10.2. The molecule has 0 atom stereocenters. The first-order chi connectivity index (χ1) is 8.06. The van der Waals surface area contributed by atoms with Gasteiger partial charge in [0.1, 0.15) is 5.75 Å². The van der Waals surface area contributed by atoms with Crippen molar-refractivity contribution in [2.45, 2.75) is 6.92 Å². The van der Waals surface area contributed by atoms with Crippen molar-refractivity contribution in [2.24, 2.45) is 0 Å². The molecular formula is C13H10Cl2O2. The summed E-state index contributed by atoms with van der Waals surface area (Å²) in [6.45, 7) is 1.88. The van der Waals surface area contributed by atoms with Crippen molar-refractivity contribution < 1.29 is 9.84 Å². The Kier molecular flexibility index (Phi) is 3.46. The lowest BCUT2D eigenvalue weighted by Crippen LogP contribution is -1.88. The number of hydrogen-bond acceptors (Lipinski definition) is 2. The minimum Gasteiger partial charge on any atom is -0.504 e. The molecule has 0 amide bonds. The number of rotatable bonds is 2. The van der Waals surface area contributed by atoms with Gasteiger partial charge in [-0.15, -0.1) is 0 Å². The van der Waals surface area contributed by atoms with E-state index in [1.54, 1.807) is 30.3 Å². The summed E-state index contributed by atoms with van der Waals surface area (Å²) < 4.78 is 5.58. The molecule has 17 heavy (non-hydrogen) atoms. The summed E-state index contributed by atoms with van der Waals surface area (Å²) in [7, 11) is 0. The maximum Gasteiger partial charge on any atom is 0.169 e. The largest absolute Gasteiger partial charge is 0.504 e. The Morgan fingerprint density at radius 2 is 1.53 bits per heavy atom. The van der Waals surface area contributed by atoms with Gasteiger partial charge in [0, 0.05) is 16.1 Å². The highest BCUT2D eigenvalue weighted by atomic mass is 35.5. The number of phenolic OH excluding ortho intramolecular Hbond substituents is 1. The van der Waals surface area contributed by atoms with E-state index in [0.717, 1.165) is 5.56 Å². The van der Waals surface area contributed by atoms with Crippen LogP contribution in [0.15, 0.2) is 36.4 Å². The molecule has 0 aliphatic heterocycles. The minimum absolute atomic E-state index is 0.00634. The lowest BCUT2D eigenvalue weighted by molar-refractivity contribution is 0.410. The number of phenols is 1. The monoisotopic (exact) mass is 268 g/mol. The van der Waals surface area contributed by atoms with E-state index in [1.165, 1.54) is 6.07 Å². The third kappa shape index (κ3) is 2.84. The van der Waals surface area contributed by atoms with Crippen molar-refractivity contribution in [1.29, 1.82) is 0 Å². The zero-order chi connectivity index (χ0) is 12.4. The molecule has 0 heterocycles. The first kappa shape index (κ1) is 12.1. The summed E-state index contributed by atoms with van der Waals surface area (Å²) in [5, 5.41) is 10.8. The van der Waals surface area contributed by atoms with Crippen molar-refractivity contribution in [3.63, 3.8) is 0 Å². The van der Waals surface area contributed by atoms with Crippen LogP contribution < -0.4 is 4.74 Å². The van der Waals surface area contributed by atoms with E-state index in [4.69, 9.17) is 27.9 Å².